The van der Waals surface area contributed by atoms with Gasteiger partial charge in [-0.2, -0.15) is 0 Å². The van der Waals surface area contributed by atoms with Crippen LogP contribution in [0, 0.1) is 0 Å². The minimum absolute atomic E-state index is 0.0366. The van der Waals surface area contributed by atoms with Crippen LogP contribution in [-0.4, -0.2) is 26.5 Å². The Morgan fingerprint density at radius 2 is 2.06 bits per heavy atom. The maximum Gasteiger partial charge on any atom is 0.231 e. The van der Waals surface area contributed by atoms with Gasteiger partial charge >= 0.3 is 0 Å². The van der Waals surface area contributed by atoms with Crippen LogP contribution in [0.1, 0.15) is 25.5 Å². The van der Waals surface area contributed by atoms with Gasteiger partial charge in [0, 0.05) is 6.54 Å². The first-order chi connectivity index (χ1) is 8.20. The Morgan fingerprint density at radius 1 is 1.29 bits per heavy atom. The van der Waals surface area contributed by atoms with Gasteiger partial charge in [-0.15, -0.1) is 0 Å². The number of ether oxygens (including phenoxy) is 3. The van der Waals surface area contributed by atoms with Crippen molar-refractivity contribution in [2.75, 3.05) is 20.4 Å². The van der Waals surface area contributed by atoms with Gasteiger partial charge in [0.1, 0.15) is 0 Å². The van der Waals surface area contributed by atoms with E-state index in [4.69, 9.17) is 14.2 Å². The number of fused-ring (bicyclic) bond motifs is 1. The summed E-state index contributed by atoms with van der Waals surface area (Å²) in [6.45, 7) is 5.16. The lowest BCUT2D eigenvalue weighted by atomic mass is 10.1. The molecule has 4 nitrogen and oxygen atoms in total. The molecule has 0 saturated carbocycles. The maximum absolute atomic E-state index is 5.88. The lowest BCUT2D eigenvalue weighted by molar-refractivity contribution is 0.00805. The van der Waals surface area contributed by atoms with Crippen molar-refractivity contribution in [3.05, 3.63) is 23.8 Å². The SMILES string of the molecule is CNC[C@@H](OC(C)C)c1ccc2c(c1)OCO2. The van der Waals surface area contributed by atoms with Gasteiger partial charge in [-0.05, 0) is 38.6 Å². The van der Waals surface area contributed by atoms with Crippen LogP contribution in [0.5, 0.6) is 11.5 Å². The van der Waals surface area contributed by atoms with Gasteiger partial charge in [-0.3, -0.25) is 0 Å². The first-order valence-corrected chi connectivity index (χ1v) is 5.90. The highest BCUT2D eigenvalue weighted by Crippen LogP contribution is 2.35. The lowest BCUT2D eigenvalue weighted by Crippen LogP contribution is -2.22. The standard InChI is InChI=1S/C13H19NO3/c1-9(2)17-13(7-14-3)10-4-5-11-12(6-10)16-8-15-11/h4-6,9,13-14H,7-8H2,1-3H3/t13-/m1/s1. The summed E-state index contributed by atoms with van der Waals surface area (Å²) < 4.78 is 16.5. The quantitative estimate of drug-likeness (QED) is 0.851. The Balaban J connectivity index is 2.17. The summed E-state index contributed by atoms with van der Waals surface area (Å²) >= 11 is 0. The average molecular weight is 237 g/mol. The minimum Gasteiger partial charge on any atom is -0.454 e. The molecule has 0 aromatic heterocycles. The molecule has 0 amide bonds. The minimum atomic E-state index is 0.0366. The molecule has 0 bridgehead atoms. The second kappa shape index (κ2) is 5.38. The van der Waals surface area contributed by atoms with Crippen LogP contribution in [0.25, 0.3) is 0 Å². The second-order valence-corrected chi connectivity index (χ2v) is 4.34. The maximum atomic E-state index is 5.88. The molecule has 0 spiro atoms. The lowest BCUT2D eigenvalue weighted by Gasteiger charge is -2.20. The molecule has 94 valence electrons. The van der Waals surface area contributed by atoms with Crippen LogP contribution in [0.15, 0.2) is 18.2 Å². The van der Waals surface area contributed by atoms with E-state index >= 15 is 0 Å². The monoisotopic (exact) mass is 237 g/mol. The second-order valence-electron chi connectivity index (χ2n) is 4.34. The molecule has 17 heavy (non-hydrogen) atoms. The number of hydrogen-bond acceptors (Lipinski definition) is 4. The zero-order chi connectivity index (χ0) is 12.3. The molecule has 0 aliphatic carbocycles. The molecular weight excluding hydrogens is 218 g/mol. The van der Waals surface area contributed by atoms with Gasteiger partial charge in [-0.25, -0.2) is 0 Å². The third kappa shape index (κ3) is 2.90. The Morgan fingerprint density at radius 3 is 2.76 bits per heavy atom. The van der Waals surface area contributed by atoms with Crippen molar-refractivity contribution in [2.24, 2.45) is 0 Å². The van der Waals surface area contributed by atoms with Crippen molar-refractivity contribution in [1.29, 1.82) is 0 Å². The van der Waals surface area contributed by atoms with E-state index in [1.54, 1.807) is 0 Å². The summed E-state index contributed by atoms with van der Waals surface area (Å²) in [6.07, 6.45) is 0.230. The number of nitrogens with one attached hydrogen (secondary N) is 1. The first-order valence-electron chi connectivity index (χ1n) is 5.90. The molecule has 1 aromatic rings. The Bertz CT molecular complexity index is 379. The van der Waals surface area contributed by atoms with Crippen molar-refractivity contribution < 1.29 is 14.2 Å². The summed E-state index contributed by atoms with van der Waals surface area (Å²) in [7, 11) is 1.92. The van der Waals surface area contributed by atoms with Crippen LogP contribution in [0.4, 0.5) is 0 Å². The molecule has 1 aliphatic rings. The molecule has 1 atom stereocenters. The van der Waals surface area contributed by atoms with Crippen molar-refractivity contribution in [3.8, 4) is 11.5 Å². The summed E-state index contributed by atoms with van der Waals surface area (Å²) in [6, 6.07) is 5.95. The molecule has 4 heteroatoms. The molecule has 0 fully saturated rings. The molecule has 0 radical (unpaired) electrons. The summed E-state index contributed by atoms with van der Waals surface area (Å²) in [4.78, 5) is 0. The highest BCUT2D eigenvalue weighted by atomic mass is 16.7. The van der Waals surface area contributed by atoms with Gasteiger partial charge in [0.05, 0.1) is 12.2 Å². The number of rotatable bonds is 5. The molecule has 0 unspecified atom stereocenters. The molecule has 2 rings (SSSR count). The molecule has 1 N–H and O–H groups in total. The Hall–Kier alpha value is -1.26. The van der Waals surface area contributed by atoms with Crippen LogP contribution >= 0.6 is 0 Å². The van der Waals surface area contributed by atoms with Gasteiger partial charge < -0.3 is 19.5 Å². The van der Waals surface area contributed by atoms with Crippen molar-refractivity contribution in [3.63, 3.8) is 0 Å². The van der Waals surface area contributed by atoms with Crippen LogP contribution in [0.2, 0.25) is 0 Å². The highest BCUT2D eigenvalue weighted by molar-refractivity contribution is 5.45. The number of hydrogen-bond donors (Lipinski definition) is 1. The van der Waals surface area contributed by atoms with Crippen LogP contribution < -0.4 is 14.8 Å². The smallest absolute Gasteiger partial charge is 0.231 e. The number of likely N-dealkylation sites (N-methyl/N-ethyl adjacent to an activating group) is 1. The zero-order valence-corrected chi connectivity index (χ0v) is 10.5. The van der Waals surface area contributed by atoms with E-state index in [2.05, 4.69) is 5.32 Å². The largest absolute Gasteiger partial charge is 0.454 e. The predicted octanol–water partition coefficient (Wildman–Crippen LogP) is 2.10. The molecule has 1 aromatic carbocycles. The molecule has 1 aliphatic heterocycles. The van der Waals surface area contributed by atoms with Crippen LogP contribution in [0.3, 0.4) is 0 Å². The fraction of sp³-hybridized carbons (Fsp3) is 0.538. The highest BCUT2D eigenvalue weighted by Gasteiger charge is 2.18. The van der Waals surface area contributed by atoms with Crippen molar-refractivity contribution in [1.82, 2.24) is 5.32 Å². The van der Waals surface area contributed by atoms with E-state index in [-0.39, 0.29) is 12.2 Å². The fourth-order valence-electron chi connectivity index (χ4n) is 1.87. The van der Waals surface area contributed by atoms with E-state index in [1.807, 2.05) is 39.1 Å². The van der Waals surface area contributed by atoms with Gasteiger partial charge in [0.2, 0.25) is 6.79 Å². The normalized spacial score (nSPS) is 15.3. The summed E-state index contributed by atoms with van der Waals surface area (Å²) in [5, 5.41) is 3.14. The molecular formula is C13H19NO3. The Kier molecular flexibility index (Phi) is 3.86. The Labute approximate surface area is 102 Å². The van der Waals surface area contributed by atoms with Crippen molar-refractivity contribution >= 4 is 0 Å². The fourth-order valence-corrected chi connectivity index (χ4v) is 1.87. The third-order valence-electron chi connectivity index (χ3n) is 2.59. The summed E-state index contributed by atoms with van der Waals surface area (Å²) in [5.74, 6) is 1.61. The van der Waals surface area contributed by atoms with Crippen LogP contribution in [-0.2, 0) is 4.74 Å². The van der Waals surface area contributed by atoms with E-state index in [9.17, 15) is 0 Å². The molecule has 1 heterocycles. The molecule has 0 saturated heterocycles. The van der Waals surface area contributed by atoms with E-state index in [1.165, 1.54) is 0 Å². The third-order valence-corrected chi connectivity index (χ3v) is 2.59. The summed E-state index contributed by atoms with van der Waals surface area (Å²) in [5.41, 5.74) is 1.11. The van der Waals surface area contributed by atoms with E-state index < -0.39 is 0 Å². The topological polar surface area (TPSA) is 39.7 Å². The zero-order valence-electron chi connectivity index (χ0n) is 10.5. The van der Waals surface area contributed by atoms with Crippen molar-refractivity contribution in [2.45, 2.75) is 26.1 Å². The first kappa shape index (κ1) is 12.2. The van der Waals surface area contributed by atoms with E-state index in [0.717, 1.165) is 23.6 Å². The van der Waals surface area contributed by atoms with Gasteiger partial charge in [0.15, 0.2) is 11.5 Å². The van der Waals surface area contributed by atoms with Gasteiger partial charge in [0.25, 0.3) is 0 Å². The van der Waals surface area contributed by atoms with E-state index in [0.29, 0.717) is 6.79 Å². The average Bonchev–Trinajstić information content (AvgIpc) is 2.74. The van der Waals surface area contributed by atoms with Gasteiger partial charge in [-0.1, -0.05) is 6.07 Å². The number of benzene rings is 1. The predicted molar refractivity (Wildman–Crippen MR) is 65.5 cm³/mol.